The van der Waals surface area contributed by atoms with E-state index in [1.54, 1.807) is 22.6 Å². The maximum Gasteiger partial charge on any atom is 0.335 e. The highest BCUT2D eigenvalue weighted by Gasteiger charge is 2.20. The SMILES string of the molecule is O=C(O)c1cccc(Oc2cc(F)c(I)cc2[N+](=O)[O-])c1. The van der Waals surface area contributed by atoms with Gasteiger partial charge in [0.2, 0.25) is 5.75 Å². The number of hydrogen-bond donors (Lipinski definition) is 1. The van der Waals surface area contributed by atoms with Gasteiger partial charge < -0.3 is 9.84 Å². The Bertz CT molecular complexity index is 734. The summed E-state index contributed by atoms with van der Waals surface area (Å²) in [6.07, 6.45) is 0. The highest BCUT2D eigenvalue weighted by atomic mass is 127. The average molecular weight is 403 g/mol. The van der Waals surface area contributed by atoms with E-state index in [9.17, 15) is 19.3 Å². The van der Waals surface area contributed by atoms with Gasteiger partial charge in [-0.1, -0.05) is 6.07 Å². The fourth-order valence-electron chi connectivity index (χ4n) is 1.56. The van der Waals surface area contributed by atoms with Gasteiger partial charge in [-0.05, 0) is 40.8 Å². The molecule has 2 rings (SSSR count). The lowest BCUT2D eigenvalue weighted by Crippen LogP contribution is -1.98. The van der Waals surface area contributed by atoms with Crippen molar-refractivity contribution in [2.75, 3.05) is 0 Å². The number of halogens is 2. The van der Waals surface area contributed by atoms with E-state index in [0.29, 0.717) is 0 Å². The van der Waals surface area contributed by atoms with Crippen molar-refractivity contribution in [3.8, 4) is 11.5 Å². The Kier molecular flexibility index (Phi) is 4.36. The zero-order valence-corrected chi connectivity index (χ0v) is 12.4. The van der Waals surface area contributed by atoms with Crippen LogP contribution in [0.5, 0.6) is 11.5 Å². The van der Waals surface area contributed by atoms with E-state index in [1.807, 2.05) is 0 Å². The molecule has 0 amide bonds. The van der Waals surface area contributed by atoms with Gasteiger partial charge in [0.25, 0.3) is 0 Å². The van der Waals surface area contributed by atoms with Crippen molar-refractivity contribution >= 4 is 34.2 Å². The molecule has 0 unspecified atom stereocenters. The molecule has 0 fully saturated rings. The number of hydrogen-bond acceptors (Lipinski definition) is 4. The zero-order chi connectivity index (χ0) is 15.6. The molecule has 2 aromatic carbocycles. The van der Waals surface area contributed by atoms with Crippen LogP contribution in [0.15, 0.2) is 36.4 Å². The van der Waals surface area contributed by atoms with Crippen molar-refractivity contribution in [3.05, 3.63) is 61.5 Å². The molecule has 0 saturated heterocycles. The predicted octanol–water partition coefficient (Wildman–Crippen LogP) is 3.83. The lowest BCUT2D eigenvalue weighted by atomic mass is 10.2. The molecule has 0 aliphatic carbocycles. The minimum Gasteiger partial charge on any atom is -0.478 e. The van der Waals surface area contributed by atoms with Crippen molar-refractivity contribution in [2.24, 2.45) is 0 Å². The summed E-state index contributed by atoms with van der Waals surface area (Å²) < 4.78 is 18.9. The van der Waals surface area contributed by atoms with Gasteiger partial charge in [-0.15, -0.1) is 0 Å². The molecule has 0 saturated carbocycles. The molecule has 2 aromatic rings. The van der Waals surface area contributed by atoms with E-state index in [2.05, 4.69) is 0 Å². The summed E-state index contributed by atoms with van der Waals surface area (Å²) >= 11 is 1.63. The molecule has 0 radical (unpaired) electrons. The number of rotatable bonds is 4. The number of carboxylic acids is 1. The molecule has 8 heteroatoms. The fourth-order valence-corrected chi connectivity index (χ4v) is 2.01. The van der Waals surface area contributed by atoms with E-state index in [1.165, 1.54) is 24.3 Å². The third kappa shape index (κ3) is 3.45. The number of nitro groups is 1. The highest BCUT2D eigenvalue weighted by molar-refractivity contribution is 14.1. The molecule has 0 spiro atoms. The Labute approximate surface area is 131 Å². The third-order valence-corrected chi connectivity index (χ3v) is 3.33. The van der Waals surface area contributed by atoms with Crippen molar-refractivity contribution in [3.63, 3.8) is 0 Å². The lowest BCUT2D eigenvalue weighted by Gasteiger charge is -2.08. The molecule has 0 aliphatic heterocycles. The van der Waals surface area contributed by atoms with Crippen LogP contribution in [0.4, 0.5) is 10.1 Å². The van der Waals surface area contributed by atoms with Crippen LogP contribution >= 0.6 is 22.6 Å². The molecule has 21 heavy (non-hydrogen) atoms. The van der Waals surface area contributed by atoms with Crippen molar-refractivity contribution in [1.29, 1.82) is 0 Å². The van der Waals surface area contributed by atoms with Crippen molar-refractivity contribution in [1.82, 2.24) is 0 Å². The van der Waals surface area contributed by atoms with Crippen LogP contribution in [0.25, 0.3) is 0 Å². The number of aromatic carboxylic acids is 1. The Hall–Kier alpha value is -2.23. The maximum atomic E-state index is 13.5. The van der Waals surface area contributed by atoms with Crippen molar-refractivity contribution in [2.45, 2.75) is 0 Å². The maximum absolute atomic E-state index is 13.5. The van der Waals surface area contributed by atoms with E-state index in [-0.39, 0.29) is 20.6 Å². The Balaban J connectivity index is 2.43. The van der Waals surface area contributed by atoms with Gasteiger partial charge in [0, 0.05) is 12.1 Å². The molecule has 6 nitrogen and oxygen atoms in total. The van der Waals surface area contributed by atoms with Crippen LogP contribution in [0.2, 0.25) is 0 Å². The van der Waals surface area contributed by atoms with Crippen molar-refractivity contribution < 1.29 is 24.0 Å². The molecule has 0 bridgehead atoms. The lowest BCUT2D eigenvalue weighted by molar-refractivity contribution is -0.385. The van der Waals surface area contributed by atoms with Crippen LogP contribution in [0.3, 0.4) is 0 Å². The minimum absolute atomic E-state index is 0.0406. The molecule has 0 aromatic heterocycles. The summed E-state index contributed by atoms with van der Waals surface area (Å²) in [5.74, 6) is -2.05. The quantitative estimate of drug-likeness (QED) is 0.476. The molecular formula is C13H7FINO5. The number of carboxylic acid groups (broad SMARTS) is 1. The van der Waals surface area contributed by atoms with Gasteiger partial charge in [-0.2, -0.15) is 0 Å². The summed E-state index contributed by atoms with van der Waals surface area (Å²) in [7, 11) is 0. The average Bonchev–Trinajstić information content (AvgIpc) is 2.42. The number of nitro benzene ring substituents is 1. The Morgan fingerprint density at radius 1 is 1.33 bits per heavy atom. The zero-order valence-electron chi connectivity index (χ0n) is 10.2. The van der Waals surface area contributed by atoms with Gasteiger partial charge >= 0.3 is 11.7 Å². The minimum atomic E-state index is -1.16. The molecule has 108 valence electrons. The summed E-state index contributed by atoms with van der Waals surface area (Å²) in [5, 5.41) is 19.8. The second-order valence-corrected chi connectivity index (χ2v) is 5.09. The summed E-state index contributed by atoms with van der Waals surface area (Å²) in [6, 6.07) is 7.33. The largest absolute Gasteiger partial charge is 0.478 e. The topological polar surface area (TPSA) is 89.7 Å². The van der Waals surface area contributed by atoms with E-state index >= 15 is 0 Å². The summed E-state index contributed by atoms with van der Waals surface area (Å²) in [5.41, 5.74) is -0.442. The molecule has 0 aliphatic rings. The van der Waals surface area contributed by atoms with Gasteiger partial charge in [0.1, 0.15) is 11.6 Å². The van der Waals surface area contributed by atoms with Gasteiger partial charge in [0.15, 0.2) is 0 Å². The molecule has 0 heterocycles. The number of benzene rings is 2. The number of ether oxygens (including phenoxy) is 1. The first-order valence-electron chi connectivity index (χ1n) is 5.53. The number of nitrogens with zero attached hydrogens (tertiary/aromatic N) is 1. The highest BCUT2D eigenvalue weighted by Crippen LogP contribution is 2.34. The van der Waals surface area contributed by atoms with Crippen LogP contribution in [0, 0.1) is 19.5 Å². The second-order valence-electron chi connectivity index (χ2n) is 3.93. The van der Waals surface area contributed by atoms with E-state index in [4.69, 9.17) is 9.84 Å². The smallest absolute Gasteiger partial charge is 0.335 e. The molecular weight excluding hydrogens is 396 g/mol. The fraction of sp³-hybridized carbons (Fsp3) is 0. The third-order valence-electron chi connectivity index (χ3n) is 2.51. The van der Waals surface area contributed by atoms with E-state index in [0.717, 1.165) is 12.1 Å². The van der Waals surface area contributed by atoms with Crippen LogP contribution in [-0.2, 0) is 0 Å². The molecule has 1 N–H and O–H groups in total. The van der Waals surface area contributed by atoms with Gasteiger partial charge in [-0.3, -0.25) is 10.1 Å². The monoisotopic (exact) mass is 403 g/mol. The predicted molar refractivity (Wildman–Crippen MR) is 79.2 cm³/mol. The number of carbonyl (C=O) groups is 1. The second kappa shape index (κ2) is 6.04. The van der Waals surface area contributed by atoms with Gasteiger partial charge in [0.05, 0.1) is 14.1 Å². The first-order chi connectivity index (χ1) is 9.88. The van der Waals surface area contributed by atoms with Crippen LogP contribution in [0.1, 0.15) is 10.4 Å². The summed E-state index contributed by atoms with van der Waals surface area (Å²) in [4.78, 5) is 21.1. The standard InChI is InChI=1S/C13H7FINO5/c14-9-5-12(11(16(19)20)6-10(9)15)21-8-3-1-2-7(4-8)13(17)18/h1-6H,(H,17,18). The van der Waals surface area contributed by atoms with E-state index < -0.39 is 22.4 Å². The Morgan fingerprint density at radius 3 is 2.67 bits per heavy atom. The first-order valence-corrected chi connectivity index (χ1v) is 6.61. The van der Waals surface area contributed by atoms with Crippen LogP contribution < -0.4 is 4.74 Å². The normalized spacial score (nSPS) is 10.2. The molecule has 0 atom stereocenters. The van der Waals surface area contributed by atoms with Crippen LogP contribution in [-0.4, -0.2) is 16.0 Å². The Morgan fingerprint density at radius 2 is 2.05 bits per heavy atom. The summed E-state index contributed by atoms with van der Waals surface area (Å²) in [6.45, 7) is 0. The van der Waals surface area contributed by atoms with Gasteiger partial charge in [-0.25, -0.2) is 9.18 Å². The first kappa shape index (κ1) is 15.2.